The summed E-state index contributed by atoms with van der Waals surface area (Å²) in [7, 11) is 1.75. The van der Waals surface area contributed by atoms with Crippen molar-refractivity contribution < 1.29 is 4.79 Å². The summed E-state index contributed by atoms with van der Waals surface area (Å²) in [5, 5.41) is 4.74. The van der Waals surface area contributed by atoms with E-state index in [0.29, 0.717) is 16.8 Å². The minimum atomic E-state index is 0.399. The van der Waals surface area contributed by atoms with Gasteiger partial charge < -0.3 is 0 Å². The maximum atomic E-state index is 10.3. The lowest BCUT2D eigenvalue weighted by atomic mass is 10.0. The van der Waals surface area contributed by atoms with E-state index in [-0.39, 0.29) is 0 Å². The lowest BCUT2D eigenvalue weighted by Crippen LogP contribution is -1.96. The number of aliphatic imine (C=N–C) groups is 1. The molecule has 5 heteroatoms. The van der Waals surface area contributed by atoms with E-state index in [4.69, 9.17) is 11.6 Å². The Labute approximate surface area is 92.9 Å². The summed E-state index contributed by atoms with van der Waals surface area (Å²) in [6.45, 7) is 0. The van der Waals surface area contributed by atoms with Gasteiger partial charge in [-0.1, -0.05) is 24.4 Å². The molecule has 0 unspecified atom stereocenters. The van der Waals surface area contributed by atoms with Gasteiger partial charge >= 0.3 is 0 Å². The van der Waals surface area contributed by atoms with Crippen molar-refractivity contribution in [2.45, 2.75) is 31.6 Å². The second kappa shape index (κ2) is 4.17. The Morgan fingerprint density at radius 2 is 2.20 bits per heavy atom. The Morgan fingerprint density at radius 1 is 1.53 bits per heavy atom. The minimum absolute atomic E-state index is 0.399. The molecule has 1 aromatic heterocycles. The van der Waals surface area contributed by atoms with Gasteiger partial charge in [0.15, 0.2) is 5.15 Å². The third-order valence-electron chi connectivity index (χ3n) is 2.88. The minimum Gasteiger partial charge on any atom is -0.255 e. The zero-order chi connectivity index (χ0) is 10.8. The molecule has 0 aliphatic heterocycles. The van der Waals surface area contributed by atoms with Crippen molar-refractivity contribution in [3.63, 3.8) is 0 Å². The van der Waals surface area contributed by atoms with Gasteiger partial charge in [0.2, 0.25) is 6.08 Å². The first kappa shape index (κ1) is 10.4. The van der Waals surface area contributed by atoms with Gasteiger partial charge in [0.05, 0.1) is 5.69 Å². The molecule has 1 heterocycles. The predicted molar refractivity (Wildman–Crippen MR) is 57.2 cm³/mol. The fourth-order valence-corrected chi connectivity index (χ4v) is 2.31. The lowest BCUT2D eigenvalue weighted by Gasteiger charge is -2.04. The Kier molecular flexibility index (Phi) is 2.89. The summed E-state index contributed by atoms with van der Waals surface area (Å²) in [4.78, 5) is 14.0. The van der Waals surface area contributed by atoms with Gasteiger partial charge in [-0.2, -0.15) is 10.1 Å². The van der Waals surface area contributed by atoms with E-state index in [1.165, 1.54) is 18.9 Å². The maximum absolute atomic E-state index is 10.3. The summed E-state index contributed by atoms with van der Waals surface area (Å²) in [5.74, 6) is 0.399. The first-order valence-corrected chi connectivity index (χ1v) is 5.42. The first-order valence-electron chi connectivity index (χ1n) is 5.04. The predicted octanol–water partition coefficient (Wildman–Crippen LogP) is 2.70. The molecule has 0 atom stereocenters. The number of halogens is 1. The number of hydrogen-bond donors (Lipinski definition) is 0. The monoisotopic (exact) mass is 225 g/mol. The maximum Gasteiger partial charge on any atom is 0.240 e. The number of nitrogens with zero attached hydrogens (tertiary/aromatic N) is 3. The van der Waals surface area contributed by atoms with Crippen LogP contribution >= 0.6 is 11.6 Å². The zero-order valence-corrected chi connectivity index (χ0v) is 9.29. The van der Waals surface area contributed by atoms with E-state index >= 15 is 0 Å². The Morgan fingerprint density at radius 3 is 2.80 bits per heavy atom. The van der Waals surface area contributed by atoms with Crippen molar-refractivity contribution in [3.05, 3.63) is 10.8 Å². The van der Waals surface area contributed by atoms with Crippen LogP contribution in [0.1, 0.15) is 37.3 Å². The molecule has 0 amide bonds. The van der Waals surface area contributed by atoms with E-state index in [2.05, 4.69) is 10.1 Å². The van der Waals surface area contributed by atoms with Crippen molar-refractivity contribution >= 4 is 23.4 Å². The van der Waals surface area contributed by atoms with Crippen molar-refractivity contribution in [1.29, 1.82) is 0 Å². The summed E-state index contributed by atoms with van der Waals surface area (Å²) in [6, 6.07) is 0. The van der Waals surface area contributed by atoms with Gasteiger partial charge in [0, 0.05) is 13.0 Å². The highest BCUT2D eigenvalue weighted by molar-refractivity contribution is 6.32. The molecule has 1 aliphatic carbocycles. The van der Waals surface area contributed by atoms with E-state index in [1.54, 1.807) is 11.7 Å². The summed E-state index contributed by atoms with van der Waals surface area (Å²) >= 11 is 6.00. The molecule has 0 saturated heterocycles. The van der Waals surface area contributed by atoms with Gasteiger partial charge in [0.25, 0.3) is 0 Å². The fraction of sp³-hybridized carbons (Fsp3) is 0.600. The number of hydrogen-bond acceptors (Lipinski definition) is 3. The Hall–Kier alpha value is -1.12. The largest absolute Gasteiger partial charge is 0.255 e. The number of aromatic nitrogens is 2. The highest BCUT2D eigenvalue weighted by Crippen LogP contribution is 2.40. The molecule has 4 nitrogen and oxygen atoms in total. The SMILES string of the molecule is Cn1nc(C2CCCC2)c(N=C=O)c1Cl. The van der Waals surface area contributed by atoms with Crippen LogP contribution in [0.5, 0.6) is 0 Å². The van der Waals surface area contributed by atoms with Crippen LogP contribution in [-0.2, 0) is 11.8 Å². The molecule has 0 aromatic carbocycles. The average molecular weight is 226 g/mol. The topological polar surface area (TPSA) is 47.2 Å². The highest BCUT2D eigenvalue weighted by Gasteiger charge is 2.25. The molecule has 0 radical (unpaired) electrons. The van der Waals surface area contributed by atoms with Gasteiger partial charge in [-0.25, -0.2) is 4.79 Å². The molecule has 2 rings (SSSR count). The highest BCUT2D eigenvalue weighted by atomic mass is 35.5. The second-order valence-corrected chi connectivity index (χ2v) is 4.19. The Bertz CT molecular complexity index is 415. The smallest absolute Gasteiger partial charge is 0.240 e. The zero-order valence-electron chi connectivity index (χ0n) is 8.53. The quantitative estimate of drug-likeness (QED) is 0.574. The van der Waals surface area contributed by atoms with Crippen molar-refractivity contribution in [3.8, 4) is 0 Å². The molecule has 0 N–H and O–H groups in total. The van der Waals surface area contributed by atoms with Gasteiger partial charge in [0.1, 0.15) is 5.69 Å². The molecule has 80 valence electrons. The normalized spacial score (nSPS) is 16.7. The third kappa shape index (κ3) is 1.83. The molecule has 0 spiro atoms. The van der Waals surface area contributed by atoms with Gasteiger partial charge in [-0.05, 0) is 12.8 Å². The van der Waals surface area contributed by atoms with Crippen molar-refractivity contribution in [1.82, 2.24) is 9.78 Å². The Balaban J connectivity index is 2.44. The van der Waals surface area contributed by atoms with Crippen LogP contribution in [0.15, 0.2) is 4.99 Å². The summed E-state index contributed by atoms with van der Waals surface area (Å²) < 4.78 is 1.56. The molecule has 1 saturated carbocycles. The molecule has 15 heavy (non-hydrogen) atoms. The molecule has 0 bridgehead atoms. The third-order valence-corrected chi connectivity index (χ3v) is 3.30. The van der Waals surface area contributed by atoms with E-state index in [0.717, 1.165) is 18.5 Å². The van der Waals surface area contributed by atoms with Crippen molar-refractivity contribution in [2.24, 2.45) is 12.0 Å². The van der Waals surface area contributed by atoms with Crippen LogP contribution in [0.25, 0.3) is 0 Å². The molecule has 1 aliphatic rings. The van der Waals surface area contributed by atoms with Crippen LogP contribution in [0.3, 0.4) is 0 Å². The summed E-state index contributed by atoms with van der Waals surface area (Å²) in [5.41, 5.74) is 1.35. The van der Waals surface area contributed by atoms with E-state index in [1.807, 2.05) is 0 Å². The molecule has 1 fully saturated rings. The van der Waals surface area contributed by atoms with E-state index < -0.39 is 0 Å². The van der Waals surface area contributed by atoms with Crippen LogP contribution < -0.4 is 0 Å². The standard InChI is InChI=1S/C10H12ClN3O/c1-14-10(11)9(12-6-15)8(13-14)7-4-2-3-5-7/h7H,2-5H2,1H3. The van der Waals surface area contributed by atoms with Gasteiger partial charge in [-0.3, -0.25) is 4.68 Å². The second-order valence-electron chi connectivity index (χ2n) is 3.83. The van der Waals surface area contributed by atoms with Gasteiger partial charge in [-0.15, -0.1) is 0 Å². The molecule has 1 aromatic rings. The first-order chi connectivity index (χ1) is 7.24. The van der Waals surface area contributed by atoms with Crippen LogP contribution in [0.2, 0.25) is 5.15 Å². The average Bonchev–Trinajstić information content (AvgIpc) is 2.81. The number of rotatable bonds is 2. The van der Waals surface area contributed by atoms with Crippen LogP contribution in [0, 0.1) is 0 Å². The van der Waals surface area contributed by atoms with Crippen molar-refractivity contribution in [2.75, 3.05) is 0 Å². The lowest BCUT2D eigenvalue weighted by molar-refractivity contribution is 0.565. The molecular weight excluding hydrogens is 214 g/mol. The van der Waals surface area contributed by atoms with Crippen LogP contribution in [-0.4, -0.2) is 15.9 Å². The number of isocyanates is 1. The number of aryl methyl sites for hydroxylation is 1. The number of carbonyl (C=O) groups excluding carboxylic acids is 1. The van der Waals surface area contributed by atoms with Crippen LogP contribution in [0.4, 0.5) is 5.69 Å². The fourth-order valence-electron chi connectivity index (χ4n) is 2.14. The van der Waals surface area contributed by atoms with E-state index in [9.17, 15) is 4.79 Å². The summed E-state index contributed by atoms with van der Waals surface area (Å²) in [6.07, 6.45) is 6.17. The molecular formula is C10H12ClN3O.